The molecule has 0 radical (unpaired) electrons. The third-order valence-corrected chi connectivity index (χ3v) is 3.02. The second kappa shape index (κ2) is 5.21. The molecule has 1 saturated carbocycles. The normalized spacial score (nSPS) is 19.0. The van der Waals surface area contributed by atoms with Crippen molar-refractivity contribution >= 4 is 5.91 Å². The lowest BCUT2D eigenvalue weighted by atomic mass is 9.97. The van der Waals surface area contributed by atoms with Crippen molar-refractivity contribution in [2.75, 3.05) is 0 Å². The second-order valence-corrected chi connectivity index (χ2v) is 4.95. The zero-order chi connectivity index (χ0) is 11.3. The van der Waals surface area contributed by atoms with Crippen molar-refractivity contribution in [3.05, 3.63) is 0 Å². The van der Waals surface area contributed by atoms with Gasteiger partial charge in [0.05, 0.1) is 5.54 Å². The van der Waals surface area contributed by atoms with E-state index in [1.54, 1.807) is 0 Å². The highest BCUT2D eigenvalue weighted by Gasteiger charge is 2.24. The van der Waals surface area contributed by atoms with Crippen LogP contribution in [0.15, 0.2) is 0 Å². The van der Waals surface area contributed by atoms with Crippen molar-refractivity contribution in [1.29, 1.82) is 0 Å². The Morgan fingerprint density at radius 1 is 1.27 bits per heavy atom. The summed E-state index contributed by atoms with van der Waals surface area (Å²) in [5, 5.41) is 2.93. The lowest BCUT2D eigenvalue weighted by Crippen LogP contribution is -2.45. The second-order valence-electron chi connectivity index (χ2n) is 4.95. The molecule has 1 rings (SSSR count). The molecule has 0 bridgehead atoms. The molecule has 15 heavy (non-hydrogen) atoms. The minimum Gasteiger partial charge on any atom is -0.340 e. The monoisotopic (exact) mass is 207 g/mol. The van der Waals surface area contributed by atoms with E-state index in [0.717, 1.165) is 12.8 Å². The van der Waals surface area contributed by atoms with Crippen LogP contribution in [0.25, 0.3) is 0 Å². The Morgan fingerprint density at radius 3 is 2.27 bits per heavy atom. The molecule has 0 unspecified atom stereocenters. The van der Waals surface area contributed by atoms with Crippen LogP contribution in [-0.4, -0.2) is 11.4 Å². The van der Waals surface area contributed by atoms with Gasteiger partial charge in [-0.3, -0.25) is 4.79 Å². The molecule has 1 amide bonds. The Bertz CT molecular complexity index is 254. The number of hydrogen-bond donors (Lipinski definition) is 1. The van der Waals surface area contributed by atoms with E-state index >= 15 is 0 Å². The van der Waals surface area contributed by atoms with Crippen LogP contribution in [0.2, 0.25) is 0 Å². The molecule has 0 aromatic heterocycles. The molecule has 0 aromatic carbocycles. The molecule has 0 atom stereocenters. The van der Waals surface area contributed by atoms with Crippen molar-refractivity contribution in [2.24, 2.45) is 5.92 Å². The van der Waals surface area contributed by atoms with Crippen LogP contribution in [-0.2, 0) is 4.79 Å². The maximum absolute atomic E-state index is 11.9. The Morgan fingerprint density at radius 2 is 1.80 bits per heavy atom. The summed E-state index contributed by atoms with van der Waals surface area (Å²) in [6.07, 6.45) is 12.3. The molecule has 84 valence electrons. The first-order valence-corrected chi connectivity index (χ1v) is 5.85. The van der Waals surface area contributed by atoms with E-state index in [9.17, 15) is 4.79 Å². The number of carbonyl (C=O) groups is 1. The van der Waals surface area contributed by atoms with Gasteiger partial charge < -0.3 is 5.32 Å². The van der Waals surface area contributed by atoms with Crippen LogP contribution in [0.1, 0.15) is 52.4 Å². The Balaban J connectivity index is 2.49. The van der Waals surface area contributed by atoms with E-state index < -0.39 is 5.54 Å². The van der Waals surface area contributed by atoms with Crippen LogP contribution in [0, 0.1) is 18.3 Å². The fourth-order valence-corrected chi connectivity index (χ4v) is 1.99. The number of terminal acetylenes is 1. The highest BCUT2D eigenvalue weighted by molar-refractivity contribution is 5.79. The first-order chi connectivity index (χ1) is 7.05. The summed E-state index contributed by atoms with van der Waals surface area (Å²) in [4.78, 5) is 11.9. The van der Waals surface area contributed by atoms with Gasteiger partial charge in [0, 0.05) is 5.92 Å². The predicted octanol–water partition coefficient (Wildman–Crippen LogP) is 2.48. The molecule has 0 heterocycles. The molecule has 0 saturated heterocycles. The van der Waals surface area contributed by atoms with Gasteiger partial charge in [-0.25, -0.2) is 0 Å². The zero-order valence-corrected chi connectivity index (χ0v) is 9.81. The lowest BCUT2D eigenvalue weighted by molar-refractivity contribution is -0.126. The summed E-state index contributed by atoms with van der Waals surface area (Å²) < 4.78 is 0. The van der Waals surface area contributed by atoms with Crippen LogP contribution in [0.4, 0.5) is 0 Å². The van der Waals surface area contributed by atoms with Gasteiger partial charge >= 0.3 is 0 Å². The first-order valence-electron chi connectivity index (χ1n) is 5.85. The smallest absolute Gasteiger partial charge is 0.224 e. The van der Waals surface area contributed by atoms with Crippen LogP contribution >= 0.6 is 0 Å². The van der Waals surface area contributed by atoms with E-state index in [-0.39, 0.29) is 11.8 Å². The average molecular weight is 207 g/mol. The van der Waals surface area contributed by atoms with Crippen LogP contribution < -0.4 is 5.32 Å². The molecular formula is C13H21NO. The minimum absolute atomic E-state index is 0.139. The summed E-state index contributed by atoms with van der Waals surface area (Å²) in [5.41, 5.74) is -0.511. The van der Waals surface area contributed by atoms with Crippen molar-refractivity contribution in [1.82, 2.24) is 5.32 Å². The van der Waals surface area contributed by atoms with Crippen molar-refractivity contribution in [2.45, 2.75) is 57.9 Å². The van der Waals surface area contributed by atoms with Gasteiger partial charge in [-0.05, 0) is 26.7 Å². The molecule has 1 aliphatic rings. The van der Waals surface area contributed by atoms with E-state index in [1.165, 1.54) is 25.7 Å². The highest BCUT2D eigenvalue weighted by Crippen LogP contribution is 2.23. The number of carbonyl (C=O) groups excluding carboxylic acids is 1. The number of amides is 1. The average Bonchev–Trinajstić information content (AvgIpc) is 2.45. The van der Waals surface area contributed by atoms with E-state index in [4.69, 9.17) is 6.42 Å². The summed E-state index contributed by atoms with van der Waals surface area (Å²) in [6.45, 7) is 3.73. The van der Waals surface area contributed by atoms with Crippen molar-refractivity contribution in [3.63, 3.8) is 0 Å². The van der Waals surface area contributed by atoms with Gasteiger partial charge in [0.2, 0.25) is 5.91 Å². The maximum atomic E-state index is 11.9. The number of hydrogen-bond acceptors (Lipinski definition) is 1. The standard InChI is InChI=1S/C13H21NO/c1-4-13(2,3)14-12(15)11-9-7-5-6-8-10-11/h1,11H,5-10H2,2-3H3,(H,14,15). The molecule has 0 aromatic rings. The summed E-state index contributed by atoms with van der Waals surface area (Å²) in [7, 11) is 0. The quantitative estimate of drug-likeness (QED) is 0.547. The molecule has 0 aliphatic heterocycles. The minimum atomic E-state index is -0.511. The predicted molar refractivity (Wildman–Crippen MR) is 62.2 cm³/mol. The van der Waals surface area contributed by atoms with Gasteiger partial charge in [-0.2, -0.15) is 0 Å². The molecule has 2 heteroatoms. The maximum Gasteiger partial charge on any atom is 0.224 e. The van der Waals surface area contributed by atoms with Gasteiger partial charge in [0.15, 0.2) is 0 Å². The summed E-state index contributed by atoms with van der Waals surface area (Å²) >= 11 is 0. The fraction of sp³-hybridized carbons (Fsp3) is 0.769. The van der Waals surface area contributed by atoms with E-state index in [0.29, 0.717) is 0 Å². The Kier molecular flexibility index (Phi) is 4.20. The Hall–Kier alpha value is -0.970. The number of rotatable bonds is 2. The van der Waals surface area contributed by atoms with E-state index in [2.05, 4.69) is 11.2 Å². The topological polar surface area (TPSA) is 29.1 Å². The van der Waals surface area contributed by atoms with Gasteiger partial charge in [-0.15, -0.1) is 6.42 Å². The SMILES string of the molecule is C#CC(C)(C)NC(=O)C1CCCCCC1. The fourth-order valence-electron chi connectivity index (χ4n) is 1.99. The van der Waals surface area contributed by atoms with Crippen LogP contribution in [0.3, 0.4) is 0 Å². The molecule has 2 nitrogen and oxygen atoms in total. The van der Waals surface area contributed by atoms with Gasteiger partial charge in [-0.1, -0.05) is 31.6 Å². The van der Waals surface area contributed by atoms with Gasteiger partial charge in [0.25, 0.3) is 0 Å². The van der Waals surface area contributed by atoms with Gasteiger partial charge in [0.1, 0.15) is 0 Å². The van der Waals surface area contributed by atoms with E-state index in [1.807, 2.05) is 13.8 Å². The molecule has 1 fully saturated rings. The highest BCUT2D eigenvalue weighted by atomic mass is 16.2. The Labute approximate surface area is 92.8 Å². The molecule has 0 spiro atoms. The molecule has 1 N–H and O–H groups in total. The summed E-state index contributed by atoms with van der Waals surface area (Å²) in [5.74, 6) is 2.91. The molecular weight excluding hydrogens is 186 g/mol. The van der Waals surface area contributed by atoms with Crippen LogP contribution in [0.5, 0.6) is 0 Å². The first kappa shape index (κ1) is 12.1. The number of nitrogens with one attached hydrogen (secondary N) is 1. The summed E-state index contributed by atoms with van der Waals surface area (Å²) in [6, 6.07) is 0. The third kappa shape index (κ3) is 3.95. The molecule has 1 aliphatic carbocycles. The zero-order valence-electron chi connectivity index (χ0n) is 9.81. The largest absolute Gasteiger partial charge is 0.340 e. The lowest BCUT2D eigenvalue weighted by Gasteiger charge is -2.23. The van der Waals surface area contributed by atoms with Crippen molar-refractivity contribution < 1.29 is 4.79 Å². The van der Waals surface area contributed by atoms with Crippen molar-refractivity contribution in [3.8, 4) is 12.3 Å². The third-order valence-electron chi connectivity index (χ3n) is 3.02.